The number of anilines is 4. The molecule has 2 N–H and O–H groups in total. The van der Waals surface area contributed by atoms with Gasteiger partial charge in [0.1, 0.15) is 10.8 Å². The number of rotatable bonds is 4. The number of benzene rings is 2. The summed E-state index contributed by atoms with van der Waals surface area (Å²) in [5, 5.41) is 7.67. The molecule has 0 unspecified atom stereocenters. The van der Waals surface area contributed by atoms with Crippen molar-refractivity contribution < 1.29 is 9.18 Å². The SMILES string of the molecule is C[C@@H]1CNCCN1c1ccc(Nc2ncc3c(n2)SCN(c2c(Cl)cccc2Cl)C3=O)cc1F. The van der Waals surface area contributed by atoms with Crippen LogP contribution in [-0.4, -0.2) is 47.4 Å². The fourth-order valence-electron chi connectivity index (χ4n) is 4.07. The number of halogens is 3. The number of aromatic nitrogens is 2. The highest BCUT2D eigenvalue weighted by Gasteiger charge is 2.30. The summed E-state index contributed by atoms with van der Waals surface area (Å²) in [5.74, 6) is -0.00637. The first-order valence-corrected chi connectivity index (χ1v) is 12.5. The molecule has 5 rings (SSSR count). The normalized spacial score (nSPS) is 18.1. The van der Waals surface area contributed by atoms with Crippen molar-refractivity contribution in [3.63, 3.8) is 0 Å². The van der Waals surface area contributed by atoms with Crippen molar-refractivity contribution >= 4 is 63.9 Å². The number of hydrogen-bond donors (Lipinski definition) is 2. The van der Waals surface area contributed by atoms with E-state index in [0.717, 1.165) is 19.6 Å². The minimum atomic E-state index is -0.312. The lowest BCUT2D eigenvalue weighted by molar-refractivity contribution is 0.0985. The summed E-state index contributed by atoms with van der Waals surface area (Å²) >= 11 is 13.9. The number of carbonyl (C=O) groups excluding carboxylic acids is 1. The summed E-state index contributed by atoms with van der Waals surface area (Å²) in [6.45, 7) is 4.46. The van der Waals surface area contributed by atoms with E-state index < -0.39 is 0 Å². The molecule has 34 heavy (non-hydrogen) atoms. The van der Waals surface area contributed by atoms with Crippen molar-refractivity contribution in [2.45, 2.75) is 18.0 Å². The molecule has 2 aliphatic heterocycles. The highest BCUT2D eigenvalue weighted by atomic mass is 35.5. The van der Waals surface area contributed by atoms with Crippen LogP contribution in [0.15, 0.2) is 47.6 Å². The molecule has 1 fully saturated rings. The molecular weight excluding hydrogens is 498 g/mol. The summed E-state index contributed by atoms with van der Waals surface area (Å²) in [4.78, 5) is 25.4. The molecule has 176 valence electrons. The highest BCUT2D eigenvalue weighted by Crippen LogP contribution is 2.39. The number of nitrogens with zero attached hydrogens (tertiary/aromatic N) is 4. The second kappa shape index (κ2) is 9.58. The number of fused-ring (bicyclic) bond motifs is 1. The zero-order chi connectivity index (χ0) is 23.8. The zero-order valence-electron chi connectivity index (χ0n) is 18.2. The second-order valence-electron chi connectivity index (χ2n) is 8.03. The number of amides is 1. The van der Waals surface area contributed by atoms with Gasteiger partial charge in [-0.3, -0.25) is 9.69 Å². The van der Waals surface area contributed by atoms with E-state index in [1.165, 1.54) is 28.9 Å². The molecule has 0 bridgehead atoms. The van der Waals surface area contributed by atoms with Crippen LogP contribution < -0.4 is 20.4 Å². The van der Waals surface area contributed by atoms with Crippen molar-refractivity contribution in [3.8, 4) is 0 Å². The molecule has 2 aliphatic rings. The Morgan fingerprint density at radius 2 is 2.03 bits per heavy atom. The zero-order valence-corrected chi connectivity index (χ0v) is 20.5. The maximum atomic E-state index is 14.9. The van der Waals surface area contributed by atoms with Crippen LogP contribution in [0.1, 0.15) is 17.3 Å². The van der Waals surface area contributed by atoms with Crippen molar-refractivity contribution in [3.05, 3.63) is 64.0 Å². The third-order valence-corrected chi connectivity index (χ3v) is 7.36. The number of hydrogen-bond acceptors (Lipinski definition) is 7. The summed E-state index contributed by atoms with van der Waals surface area (Å²) in [7, 11) is 0. The van der Waals surface area contributed by atoms with E-state index in [1.807, 2.05) is 0 Å². The standard InChI is InChI=1S/C23H21Cl2FN6OS/c1-13-10-27-7-8-31(13)19-6-5-14(9-18(19)26)29-23-28-11-15-21(30-23)34-12-32(22(15)33)20-16(24)3-2-4-17(20)25/h2-6,9,11,13,27H,7-8,10,12H2,1H3,(H,28,29,30)/t13-/m1/s1. The molecule has 0 spiro atoms. The van der Waals surface area contributed by atoms with Gasteiger partial charge >= 0.3 is 0 Å². The van der Waals surface area contributed by atoms with E-state index in [9.17, 15) is 9.18 Å². The van der Waals surface area contributed by atoms with Crippen LogP contribution in [0.5, 0.6) is 0 Å². The molecule has 11 heteroatoms. The molecule has 1 aromatic heterocycles. The van der Waals surface area contributed by atoms with E-state index in [-0.39, 0.29) is 23.7 Å². The average Bonchev–Trinajstić information content (AvgIpc) is 2.81. The van der Waals surface area contributed by atoms with E-state index in [4.69, 9.17) is 23.2 Å². The monoisotopic (exact) mass is 518 g/mol. The molecule has 1 atom stereocenters. The van der Waals surface area contributed by atoms with Gasteiger partial charge in [-0.05, 0) is 37.3 Å². The molecule has 0 radical (unpaired) electrons. The lowest BCUT2D eigenvalue weighted by atomic mass is 10.1. The Kier molecular flexibility index (Phi) is 6.52. The van der Waals surface area contributed by atoms with Crippen molar-refractivity contribution in [1.29, 1.82) is 0 Å². The van der Waals surface area contributed by atoms with Gasteiger partial charge in [-0.25, -0.2) is 14.4 Å². The number of nitrogens with one attached hydrogen (secondary N) is 2. The van der Waals surface area contributed by atoms with Crippen molar-refractivity contribution in [2.24, 2.45) is 0 Å². The van der Waals surface area contributed by atoms with Gasteiger partial charge in [0.15, 0.2) is 0 Å². The van der Waals surface area contributed by atoms with E-state index in [2.05, 4.69) is 32.4 Å². The van der Waals surface area contributed by atoms with Crippen LogP contribution in [-0.2, 0) is 0 Å². The predicted octanol–water partition coefficient (Wildman–Crippen LogP) is 5.17. The van der Waals surface area contributed by atoms with E-state index in [0.29, 0.717) is 43.6 Å². The van der Waals surface area contributed by atoms with E-state index in [1.54, 1.807) is 30.3 Å². The van der Waals surface area contributed by atoms with Gasteiger partial charge in [0.25, 0.3) is 5.91 Å². The maximum absolute atomic E-state index is 14.9. The van der Waals surface area contributed by atoms with Crippen LogP contribution >= 0.6 is 35.0 Å². The minimum Gasteiger partial charge on any atom is -0.364 e. The van der Waals surface area contributed by atoms with Gasteiger partial charge in [0.05, 0.1) is 32.9 Å². The maximum Gasteiger partial charge on any atom is 0.263 e. The Balaban J connectivity index is 1.35. The molecule has 3 aromatic rings. The molecule has 7 nitrogen and oxygen atoms in total. The first-order valence-electron chi connectivity index (χ1n) is 10.7. The quantitative estimate of drug-likeness (QED) is 0.461. The molecule has 2 aromatic carbocycles. The highest BCUT2D eigenvalue weighted by molar-refractivity contribution is 7.99. The Morgan fingerprint density at radius 1 is 1.24 bits per heavy atom. The van der Waals surface area contributed by atoms with Crippen molar-refractivity contribution in [2.75, 3.05) is 40.6 Å². The second-order valence-corrected chi connectivity index (χ2v) is 9.78. The van der Waals surface area contributed by atoms with Crippen LogP contribution in [0.4, 0.5) is 27.4 Å². The minimum absolute atomic E-state index is 0.209. The molecular formula is C23H21Cl2FN6OS. The summed E-state index contributed by atoms with van der Waals surface area (Å²) < 4.78 is 14.9. The summed E-state index contributed by atoms with van der Waals surface area (Å²) in [5.41, 5.74) is 1.92. The third kappa shape index (κ3) is 4.40. The fourth-order valence-corrected chi connectivity index (χ4v) is 5.62. The number of piperazine rings is 1. The Hall–Kier alpha value is -2.59. The molecule has 0 saturated carbocycles. The predicted molar refractivity (Wildman–Crippen MR) is 135 cm³/mol. The Morgan fingerprint density at radius 3 is 2.76 bits per heavy atom. The number of carbonyl (C=O) groups is 1. The fraction of sp³-hybridized carbons (Fsp3) is 0.261. The topological polar surface area (TPSA) is 73.4 Å². The average molecular weight is 519 g/mol. The van der Waals surface area contributed by atoms with Gasteiger partial charge < -0.3 is 15.5 Å². The van der Waals surface area contributed by atoms with Gasteiger partial charge in [-0.15, -0.1) is 0 Å². The van der Waals surface area contributed by atoms with Crippen LogP contribution in [0, 0.1) is 5.82 Å². The largest absolute Gasteiger partial charge is 0.364 e. The van der Waals surface area contributed by atoms with Gasteiger partial charge in [0.2, 0.25) is 5.95 Å². The lowest BCUT2D eigenvalue weighted by Gasteiger charge is -2.36. The van der Waals surface area contributed by atoms with E-state index >= 15 is 0 Å². The van der Waals surface area contributed by atoms with Gasteiger partial charge in [-0.1, -0.05) is 41.0 Å². The van der Waals surface area contributed by atoms with Gasteiger partial charge in [0, 0.05) is 37.6 Å². The molecule has 0 aliphatic carbocycles. The lowest BCUT2D eigenvalue weighted by Crippen LogP contribution is -2.50. The first kappa shape index (κ1) is 23.2. The summed E-state index contributed by atoms with van der Waals surface area (Å²) in [6.07, 6.45) is 1.46. The Bertz CT molecular complexity index is 1240. The van der Waals surface area contributed by atoms with Crippen molar-refractivity contribution in [1.82, 2.24) is 15.3 Å². The van der Waals surface area contributed by atoms with Crippen LogP contribution in [0.25, 0.3) is 0 Å². The number of para-hydroxylation sites is 1. The molecule has 1 amide bonds. The molecule has 3 heterocycles. The third-order valence-electron chi connectivity index (χ3n) is 5.78. The van der Waals surface area contributed by atoms with Crippen LogP contribution in [0.2, 0.25) is 10.0 Å². The van der Waals surface area contributed by atoms with Crippen LogP contribution in [0.3, 0.4) is 0 Å². The smallest absolute Gasteiger partial charge is 0.263 e. The van der Waals surface area contributed by atoms with Gasteiger partial charge in [-0.2, -0.15) is 0 Å². The Labute approximate surface area is 210 Å². The number of thioether (sulfide) groups is 1. The summed E-state index contributed by atoms with van der Waals surface area (Å²) in [6, 6.07) is 10.3. The first-order chi connectivity index (χ1) is 16.4. The molecule has 1 saturated heterocycles.